The Hall–Kier alpha value is -3.08. The van der Waals surface area contributed by atoms with Crippen LogP contribution in [0.5, 0.6) is 0 Å². The van der Waals surface area contributed by atoms with Crippen molar-refractivity contribution in [2.24, 2.45) is 7.05 Å². The molecule has 1 amide bonds. The third-order valence-corrected chi connectivity index (χ3v) is 5.13. The van der Waals surface area contributed by atoms with Crippen molar-refractivity contribution in [1.29, 1.82) is 0 Å². The van der Waals surface area contributed by atoms with E-state index in [-0.39, 0.29) is 11.8 Å². The molecule has 5 nitrogen and oxygen atoms in total. The predicted molar refractivity (Wildman–Crippen MR) is 97.7 cm³/mol. The number of aromatic nitrogens is 3. The molecule has 0 atom stereocenters. The van der Waals surface area contributed by atoms with E-state index >= 15 is 0 Å². The highest BCUT2D eigenvalue weighted by atomic mass is 16.2. The summed E-state index contributed by atoms with van der Waals surface area (Å²) in [4.78, 5) is 22.8. The summed E-state index contributed by atoms with van der Waals surface area (Å²) in [6.07, 6.45) is 0. The number of imidazole rings is 1. The number of fused-ring (bicyclic) bond motifs is 2. The van der Waals surface area contributed by atoms with Gasteiger partial charge in [0.25, 0.3) is 5.91 Å². The summed E-state index contributed by atoms with van der Waals surface area (Å²) >= 11 is 0. The zero-order valence-electron chi connectivity index (χ0n) is 13.9. The molecule has 5 heteroatoms. The number of rotatable bonds is 2. The minimum atomic E-state index is 0.0889. The van der Waals surface area contributed by atoms with Gasteiger partial charge in [-0.1, -0.05) is 30.3 Å². The molecule has 25 heavy (non-hydrogen) atoms. The Kier molecular flexibility index (Phi) is 2.98. The van der Waals surface area contributed by atoms with Crippen LogP contribution in [0.4, 0.5) is 0 Å². The molecule has 5 rings (SSSR count). The highest BCUT2D eigenvalue weighted by Crippen LogP contribution is 2.29. The van der Waals surface area contributed by atoms with Crippen molar-refractivity contribution >= 4 is 27.8 Å². The lowest BCUT2D eigenvalue weighted by Crippen LogP contribution is -2.49. The second-order valence-corrected chi connectivity index (χ2v) is 6.69. The summed E-state index contributed by atoms with van der Waals surface area (Å²) in [5, 5.41) is 1.10. The van der Waals surface area contributed by atoms with Crippen LogP contribution in [-0.4, -0.2) is 38.4 Å². The molecule has 0 spiro atoms. The van der Waals surface area contributed by atoms with Crippen molar-refractivity contribution in [2.45, 2.75) is 5.92 Å². The molecule has 0 unspecified atom stereocenters. The fourth-order valence-electron chi connectivity index (χ4n) is 3.64. The number of aryl methyl sites for hydroxylation is 1. The van der Waals surface area contributed by atoms with Crippen LogP contribution in [0.1, 0.15) is 22.2 Å². The quantitative estimate of drug-likeness (QED) is 0.613. The molecular weight excluding hydrogens is 312 g/mol. The van der Waals surface area contributed by atoms with Gasteiger partial charge in [-0.05, 0) is 24.3 Å². The Morgan fingerprint density at radius 1 is 1.12 bits per heavy atom. The molecule has 0 bridgehead atoms. The van der Waals surface area contributed by atoms with Gasteiger partial charge in [0.15, 0.2) is 0 Å². The molecule has 2 aromatic heterocycles. The topological polar surface area (TPSA) is 53.9 Å². The highest BCUT2D eigenvalue weighted by Gasteiger charge is 2.35. The van der Waals surface area contributed by atoms with Crippen molar-refractivity contribution in [2.75, 3.05) is 13.1 Å². The Morgan fingerprint density at radius 3 is 2.68 bits per heavy atom. The summed E-state index contributed by atoms with van der Waals surface area (Å²) < 4.78 is 1.98. The van der Waals surface area contributed by atoms with Gasteiger partial charge in [0.1, 0.15) is 11.5 Å². The molecular formula is C20H18N4O. The molecule has 1 N–H and O–H groups in total. The van der Waals surface area contributed by atoms with E-state index in [0.29, 0.717) is 13.1 Å². The van der Waals surface area contributed by atoms with Gasteiger partial charge in [-0.15, -0.1) is 0 Å². The molecule has 124 valence electrons. The highest BCUT2D eigenvalue weighted by molar-refractivity contribution is 5.99. The Balaban J connectivity index is 1.37. The molecule has 1 aliphatic rings. The van der Waals surface area contributed by atoms with Crippen LogP contribution >= 0.6 is 0 Å². The minimum Gasteiger partial charge on any atom is -0.342 e. The van der Waals surface area contributed by atoms with E-state index in [4.69, 9.17) is 0 Å². The number of carbonyl (C=O) groups is 1. The lowest BCUT2D eigenvalue weighted by molar-refractivity contribution is 0.0586. The van der Waals surface area contributed by atoms with Crippen LogP contribution in [0, 0.1) is 0 Å². The van der Waals surface area contributed by atoms with Crippen molar-refractivity contribution in [3.63, 3.8) is 0 Å². The second kappa shape index (κ2) is 5.21. The maximum atomic E-state index is 12.8. The van der Waals surface area contributed by atoms with E-state index in [1.54, 1.807) is 0 Å². The smallest absolute Gasteiger partial charge is 0.270 e. The molecule has 4 aromatic rings. The molecule has 1 fully saturated rings. The largest absolute Gasteiger partial charge is 0.342 e. The first-order valence-electron chi connectivity index (χ1n) is 8.49. The monoisotopic (exact) mass is 330 g/mol. The third kappa shape index (κ3) is 2.16. The number of aromatic amines is 1. The van der Waals surface area contributed by atoms with Crippen molar-refractivity contribution in [3.8, 4) is 0 Å². The summed E-state index contributed by atoms with van der Waals surface area (Å²) in [6, 6.07) is 18.1. The van der Waals surface area contributed by atoms with Crippen LogP contribution in [0.25, 0.3) is 21.9 Å². The van der Waals surface area contributed by atoms with E-state index < -0.39 is 0 Å². The van der Waals surface area contributed by atoms with E-state index in [1.165, 1.54) is 0 Å². The van der Waals surface area contributed by atoms with E-state index in [0.717, 1.165) is 33.5 Å². The van der Waals surface area contributed by atoms with Gasteiger partial charge in [0.2, 0.25) is 0 Å². The van der Waals surface area contributed by atoms with Crippen LogP contribution in [0.2, 0.25) is 0 Å². The van der Waals surface area contributed by atoms with Crippen molar-refractivity contribution in [3.05, 3.63) is 66.1 Å². The lowest BCUT2D eigenvalue weighted by Gasteiger charge is -2.38. The number of nitrogens with zero attached hydrogens (tertiary/aromatic N) is 3. The summed E-state index contributed by atoms with van der Waals surface area (Å²) in [5.74, 6) is 1.35. The maximum Gasteiger partial charge on any atom is 0.270 e. The fraction of sp³-hybridized carbons (Fsp3) is 0.200. The maximum absolute atomic E-state index is 12.8. The van der Waals surface area contributed by atoms with Crippen LogP contribution < -0.4 is 0 Å². The molecule has 1 saturated heterocycles. The van der Waals surface area contributed by atoms with Gasteiger partial charge < -0.3 is 14.5 Å². The van der Waals surface area contributed by atoms with Crippen molar-refractivity contribution < 1.29 is 4.79 Å². The van der Waals surface area contributed by atoms with Crippen LogP contribution in [0.3, 0.4) is 0 Å². The SMILES string of the molecule is Cn1c(C(=O)N2CC(c3nc4ccccc4[nH]3)C2)cc2ccccc21. The predicted octanol–water partition coefficient (Wildman–Crippen LogP) is 3.29. The van der Waals surface area contributed by atoms with Crippen LogP contribution in [-0.2, 0) is 7.05 Å². The van der Waals surface area contributed by atoms with Gasteiger partial charge in [-0.2, -0.15) is 0 Å². The Morgan fingerprint density at radius 2 is 1.88 bits per heavy atom. The van der Waals surface area contributed by atoms with Gasteiger partial charge in [-0.3, -0.25) is 4.79 Å². The van der Waals surface area contributed by atoms with Gasteiger partial charge in [0.05, 0.1) is 17.0 Å². The number of amides is 1. The first-order chi connectivity index (χ1) is 12.2. The van der Waals surface area contributed by atoms with E-state index in [1.807, 2.05) is 71.1 Å². The number of H-pyrrole nitrogens is 1. The number of hydrogen-bond donors (Lipinski definition) is 1. The van der Waals surface area contributed by atoms with E-state index in [9.17, 15) is 4.79 Å². The zero-order chi connectivity index (χ0) is 17.0. The summed E-state index contributed by atoms with van der Waals surface area (Å²) in [6.45, 7) is 1.42. The number of benzene rings is 2. The normalized spacial score (nSPS) is 15.0. The number of hydrogen-bond acceptors (Lipinski definition) is 2. The third-order valence-electron chi connectivity index (χ3n) is 5.13. The number of nitrogens with one attached hydrogen (secondary N) is 1. The van der Waals surface area contributed by atoms with Crippen LogP contribution in [0.15, 0.2) is 54.6 Å². The Bertz CT molecular complexity index is 1070. The van der Waals surface area contributed by atoms with Gasteiger partial charge in [-0.25, -0.2) is 4.98 Å². The standard InChI is InChI=1S/C20H18N4O/c1-23-17-9-5-2-6-13(17)10-18(23)20(25)24-11-14(12-24)19-21-15-7-3-4-8-16(15)22-19/h2-10,14H,11-12H2,1H3,(H,21,22). The molecule has 2 aromatic carbocycles. The second-order valence-electron chi connectivity index (χ2n) is 6.69. The minimum absolute atomic E-state index is 0.0889. The summed E-state index contributed by atoms with van der Waals surface area (Å²) in [7, 11) is 1.95. The van der Waals surface area contributed by atoms with Gasteiger partial charge >= 0.3 is 0 Å². The fourth-order valence-corrected chi connectivity index (χ4v) is 3.64. The molecule has 0 saturated carbocycles. The molecule has 3 heterocycles. The van der Waals surface area contributed by atoms with E-state index in [2.05, 4.69) is 9.97 Å². The van der Waals surface area contributed by atoms with Gasteiger partial charge in [0, 0.05) is 31.0 Å². The Labute approximate surface area is 144 Å². The zero-order valence-corrected chi connectivity index (χ0v) is 13.9. The molecule has 0 aliphatic carbocycles. The molecule has 0 radical (unpaired) electrons. The first kappa shape index (κ1) is 14.3. The van der Waals surface area contributed by atoms with Crippen molar-refractivity contribution in [1.82, 2.24) is 19.4 Å². The molecule has 1 aliphatic heterocycles. The number of likely N-dealkylation sites (tertiary alicyclic amines) is 1. The number of para-hydroxylation sites is 3. The first-order valence-corrected chi connectivity index (χ1v) is 8.49. The summed E-state index contributed by atoms with van der Waals surface area (Å²) in [5.41, 5.74) is 3.86. The average Bonchev–Trinajstić information content (AvgIpc) is 3.15. The number of carbonyl (C=O) groups excluding carboxylic acids is 1. The lowest BCUT2D eigenvalue weighted by atomic mass is 9.99. The average molecular weight is 330 g/mol.